The zero-order valence-corrected chi connectivity index (χ0v) is 14.8. The SMILES string of the molecule is Cc1csc(C2CCCN(c3cc(N4CCOCC4)ncn3)C2)n1. The first-order valence-corrected chi connectivity index (χ1v) is 9.49. The maximum Gasteiger partial charge on any atom is 0.134 e. The molecule has 2 fully saturated rings. The summed E-state index contributed by atoms with van der Waals surface area (Å²) in [5.41, 5.74) is 1.13. The van der Waals surface area contributed by atoms with Crippen LogP contribution in [0.5, 0.6) is 0 Å². The zero-order chi connectivity index (χ0) is 16.4. The molecule has 0 saturated carbocycles. The number of ether oxygens (including phenoxy) is 1. The predicted octanol–water partition coefficient (Wildman–Crippen LogP) is 2.46. The average molecular weight is 345 g/mol. The van der Waals surface area contributed by atoms with Gasteiger partial charge in [0, 0.05) is 49.2 Å². The van der Waals surface area contributed by atoms with Crippen LogP contribution in [-0.4, -0.2) is 54.3 Å². The Balaban J connectivity index is 1.50. The second-order valence-corrected chi connectivity index (χ2v) is 7.34. The van der Waals surface area contributed by atoms with E-state index < -0.39 is 0 Å². The van der Waals surface area contributed by atoms with Crippen LogP contribution in [0.4, 0.5) is 11.6 Å². The number of morpholine rings is 1. The topological polar surface area (TPSA) is 54.4 Å². The lowest BCUT2D eigenvalue weighted by Crippen LogP contribution is -2.38. The minimum atomic E-state index is 0.513. The summed E-state index contributed by atoms with van der Waals surface area (Å²) in [6.07, 6.45) is 4.09. The number of hydrogen-bond donors (Lipinski definition) is 0. The van der Waals surface area contributed by atoms with Crippen molar-refractivity contribution in [1.82, 2.24) is 15.0 Å². The van der Waals surface area contributed by atoms with E-state index in [1.54, 1.807) is 17.7 Å². The Morgan fingerprint density at radius 3 is 2.67 bits per heavy atom. The molecule has 2 aromatic heterocycles. The van der Waals surface area contributed by atoms with Crippen molar-refractivity contribution in [2.45, 2.75) is 25.7 Å². The number of hydrogen-bond acceptors (Lipinski definition) is 7. The van der Waals surface area contributed by atoms with Gasteiger partial charge in [0.1, 0.15) is 18.0 Å². The van der Waals surface area contributed by atoms with Gasteiger partial charge in [-0.25, -0.2) is 15.0 Å². The van der Waals surface area contributed by atoms with E-state index in [1.165, 1.54) is 17.8 Å². The number of thiazole rings is 1. The van der Waals surface area contributed by atoms with Gasteiger partial charge in [-0.1, -0.05) is 0 Å². The monoisotopic (exact) mass is 345 g/mol. The molecule has 1 unspecified atom stereocenters. The molecule has 6 nitrogen and oxygen atoms in total. The molecular weight excluding hydrogens is 322 g/mol. The van der Waals surface area contributed by atoms with E-state index in [9.17, 15) is 0 Å². The molecule has 2 aliphatic heterocycles. The molecule has 24 heavy (non-hydrogen) atoms. The average Bonchev–Trinajstić information content (AvgIpc) is 3.09. The molecule has 0 N–H and O–H groups in total. The number of nitrogens with zero attached hydrogens (tertiary/aromatic N) is 5. The molecule has 2 aromatic rings. The Hall–Kier alpha value is -1.73. The van der Waals surface area contributed by atoms with E-state index in [1.807, 2.05) is 0 Å². The van der Waals surface area contributed by atoms with Crippen LogP contribution >= 0.6 is 11.3 Å². The number of aromatic nitrogens is 3. The molecule has 0 amide bonds. The molecule has 7 heteroatoms. The summed E-state index contributed by atoms with van der Waals surface area (Å²) >= 11 is 1.79. The predicted molar refractivity (Wildman–Crippen MR) is 96.1 cm³/mol. The van der Waals surface area contributed by atoms with Crippen molar-refractivity contribution < 1.29 is 4.74 Å². The number of aryl methyl sites for hydroxylation is 1. The molecule has 2 saturated heterocycles. The van der Waals surface area contributed by atoms with Crippen molar-refractivity contribution in [3.05, 3.63) is 28.5 Å². The minimum Gasteiger partial charge on any atom is -0.378 e. The Kier molecular flexibility index (Phi) is 4.62. The van der Waals surface area contributed by atoms with Crippen LogP contribution in [0.2, 0.25) is 0 Å². The number of anilines is 2. The van der Waals surface area contributed by atoms with Gasteiger partial charge in [-0.2, -0.15) is 0 Å². The normalized spacial score (nSPS) is 22.0. The summed E-state index contributed by atoms with van der Waals surface area (Å²) in [6, 6.07) is 2.13. The van der Waals surface area contributed by atoms with E-state index in [0.717, 1.165) is 56.7 Å². The van der Waals surface area contributed by atoms with E-state index in [0.29, 0.717) is 5.92 Å². The standard InChI is InChI=1S/C17H23N5OS/c1-13-11-24-17(20-13)14-3-2-4-22(10-14)16-9-15(18-12-19-16)21-5-7-23-8-6-21/h9,11-12,14H,2-8,10H2,1H3. The van der Waals surface area contributed by atoms with Crippen LogP contribution in [0, 0.1) is 6.92 Å². The first-order valence-electron chi connectivity index (χ1n) is 8.61. The van der Waals surface area contributed by atoms with Gasteiger partial charge >= 0.3 is 0 Å². The largest absolute Gasteiger partial charge is 0.378 e. The van der Waals surface area contributed by atoms with Crippen molar-refractivity contribution in [1.29, 1.82) is 0 Å². The third kappa shape index (κ3) is 3.37. The van der Waals surface area contributed by atoms with Gasteiger partial charge in [0.25, 0.3) is 0 Å². The van der Waals surface area contributed by atoms with Crippen LogP contribution < -0.4 is 9.80 Å². The second kappa shape index (κ2) is 7.03. The van der Waals surface area contributed by atoms with Crippen LogP contribution in [0.1, 0.15) is 29.5 Å². The fourth-order valence-electron chi connectivity index (χ4n) is 3.42. The molecule has 0 aliphatic carbocycles. The van der Waals surface area contributed by atoms with Crippen molar-refractivity contribution in [2.24, 2.45) is 0 Å². The lowest BCUT2D eigenvalue weighted by Gasteiger charge is -2.33. The lowest BCUT2D eigenvalue weighted by molar-refractivity contribution is 0.122. The zero-order valence-electron chi connectivity index (χ0n) is 14.0. The third-order valence-corrected chi connectivity index (χ3v) is 5.83. The molecule has 0 radical (unpaired) electrons. The fraction of sp³-hybridized carbons (Fsp3) is 0.588. The third-order valence-electron chi connectivity index (χ3n) is 4.70. The van der Waals surface area contributed by atoms with E-state index in [4.69, 9.17) is 9.72 Å². The smallest absolute Gasteiger partial charge is 0.134 e. The van der Waals surface area contributed by atoms with E-state index in [-0.39, 0.29) is 0 Å². The summed E-state index contributed by atoms with van der Waals surface area (Å²) in [7, 11) is 0. The maximum atomic E-state index is 5.43. The molecule has 128 valence electrons. The molecule has 0 aromatic carbocycles. The second-order valence-electron chi connectivity index (χ2n) is 6.45. The Bertz CT molecular complexity index is 685. The first-order chi connectivity index (χ1) is 11.8. The van der Waals surface area contributed by atoms with Crippen LogP contribution in [0.25, 0.3) is 0 Å². The summed E-state index contributed by atoms with van der Waals surface area (Å²) in [5.74, 6) is 2.55. The van der Waals surface area contributed by atoms with Gasteiger partial charge in [0.05, 0.1) is 18.2 Å². The van der Waals surface area contributed by atoms with Crippen LogP contribution in [-0.2, 0) is 4.74 Å². The van der Waals surface area contributed by atoms with Crippen molar-refractivity contribution in [3.63, 3.8) is 0 Å². The molecule has 0 bridgehead atoms. The highest BCUT2D eigenvalue weighted by molar-refractivity contribution is 7.09. The Morgan fingerprint density at radius 2 is 1.92 bits per heavy atom. The highest BCUT2D eigenvalue weighted by Crippen LogP contribution is 2.31. The van der Waals surface area contributed by atoms with Crippen LogP contribution in [0.15, 0.2) is 17.8 Å². The van der Waals surface area contributed by atoms with E-state index in [2.05, 4.69) is 38.1 Å². The van der Waals surface area contributed by atoms with Crippen molar-refractivity contribution in [2.75, 3.05) is 49.2 Å². The molecule has 1 atom stereocenters. The maximum absolute atomic E-state index is 5.43. The molecule has 0 spiro atoms. The van der Waals surface area contributed by atoms with Gasteiger partial charge in [-0.05, 0) is 19.8 Å². The fourth-order valence-corrected chi connectivity index (χ4v) is 4.35. The van der Waals surface area contributed by atoms with Gasteiger partial charge in [0.2, 0.25) is 0 Å². The summed E-state index contributed by atoms with van der Waals surface area (Å²) in [6.45, 7) is 7.46. The minimum absolute atomic E-state index is 0.513. The Labute approximate surface area is 146 Å². The van der Waals surface area contributed by atoms with Gasteiger partial charge in [0.15, 0.2) is 0 Å². The van der Waals surface area contributed by atoms with Gasteiger partial charge < -0.3 is 14.5 Å². The van der Waals surface area contributed by atoms with Gasteiger partial charge in [-0.15, -0.1) is 11.3 Å². The number of rotatable bonds is 3. The molecule has 4 rings (SSSR count). The van der Waals surface area contributed by atoms with Crippen molar-refractivity contribution in [3.8, 4) is 0 Å². The summed E-state index contributed by atoms with van der Waals surface area (Å²) in [5, 5.41) is 3.41. The first kappa shape index (κ1) is 15.8. The highest BCUT2D eigenvalue weighted by atomic mass is 32.1. The molecule has 2 aliphatic rings. The van der Waals surface area contributed by atoms with Gasteiger partial charge in [-0.3, -0.25) is 0 Å². The Morgan fingerprint density at radius 1 is 1.12 bits per heavy atom. The van der Waals surface area contributed by atoms with Crippen molar-refractivity contribution >= 4 is 23.0 Å². The number of piperidine rings is 1. The molecule has 4 heterocycles. The molecular formula is C17H23N5OS. The highest BCUT2D eigenvalue weighted by Gasteiger charge is 2.25. The summed E-state index contributed by atoms with van der Waals surface area (Å²) in [4.78, 5) is 18.3. The summed E-state index contributed by atoms with van der Waals surface area (Å²) < 4.78 is 5.43. The van der Waals surface area contributed by atoms with E-state index >= 15 is 0 Å². The quantitative estimate of drug-likeness (QED) is 0.852. The van der Waals surface area contributed by atoms with Crippen LogP contribution in [0.3, 0.4) is 0 Å². The lowest BCUT2D eigenvalue weighted by atomic mass is 9.99.